The fourth-order valence-corrected chi connectivity index (χ4v) is 2.95. The Morgan fingerprint density at radius 2 is 1.88 bits per heavy atom. The first-order valence-electron chi connectivity index (χ1n) is 7.41. The molecule has 3 rings (SSSR count). The Kier molecular flexibility index (Phi) is 4.92. The van der Waals surface area contributed by atoms with E-state index in [0.29, 0.717) is 34.4 Å². The fraction of sp³-hybridized carbons (Fsp3) is 0.176. The zero-order chi connectivity index (χ0) is 17.1. The second-order valence-corrected chi connectivity index (χ2v) is 6.25. The molecule has 0 saturated carbocycles. The van der Waals surface area contributed by atoms with Gasteiger partial charge in [0.15, 0.2) is 0 Å². The highest BCUT2D eigenvalue weighted by Crippen LogP contribution is 2.26. The number of halogens is 2. The van der Waals surface area contributed by atoms with E-state index in [-0.39, 0.29) is 11.9 Å². The van der Waals surface area contributed by atoms with Crippen LogP contribution in [0.25, 0.3) is 0 Å². The van der Waals surface area contributed by atoms with Crippen molar-refractivity contribution >= 4 is 40.8 Å². The number of urea groups is 1. The van der Waals surface area contributed by atoms with Crippen LogP contribution in [0.3, 0.4) is 0 Å². The molecule has 1 aliphatic heterocycles. The van der Waals surface area contributed by atoms with Crippen molar-refractivity contribution in [1.29, 1.82) is 0 Å². The number of hydrogen-bond donors (Lipinski definition) is 2. The van der Waals surface area contributed by atoms with E-state index in [4.69, 9.17) is 23.2 Å². The lowest BCUT2D eigenvalue weighted by atomic mass is 10.0. The van der Waals surface area contributed by atoms with E-state index >= 15 is 0 Å². The number of amides is 3. The summed E-state index contributed by atoms with van der Waals surface area (Å²) in [6.45, 7) is 0.812. The molecule has 1 heterocycles. The summed E-state index contributed by atoms with van der Waals surface area (Å²) in [6.07, 6.45) is 0. The Hall–Kier alpha value is -2.24. The molecule has 124 valence electrons. The van der Waals surface area contributed by atoms with Crippen LogP contribution in [0.15, 0.2) is 48.5 Å². The molecule has 0 radical (unpaired) electrons. The Labute approximate surface area is 149 Å². The molecule has 1 aliphatic rings. The molecule has 5 nitrogen and oxygen atoms in total. The van der Waals surface area contributed by atoms with Crippen molar-refractivity contribution in [2.75, 3.05) is 18.4 Å². The lowest BCUT2D eigenvalue weighted by Crippen LogP contribution is -2.53. The Morgan fingerprint density at radius 1 is 1.12 bits per heavy atom. The fourth-order valence-electron chi connectivity index (χ4n) is 2.62. The molecular formula is C17H15Cl2N3O2. The van der Waals surface area contributed by atoms with Crippen molar-refractivity contribution in [3.8, 4) is 0 Å². The van der Waals surface area contributed by atoms with Crippen molar-refractivity contribution in [1.82, 2.24) is 10.2 Å². The first-order chi connectivity index (χ1) is 11.5. The zero-order valence-electron chi connectivity index (χ0n) is 12.6. The highest BCUT2D eigenvalue weighted by atomic mass is 35.5. The molecule has 0 spiro atoms. The van der Waals surface area contributed by atoms with Crippen LogP contribution in [0.1, 0.15) is 11.6 Å². The van der Waals surface area contributed by atoms with Gasteiger partial charge in [0, 0.05) is 28.8 Å². The molecule has 2 aromatic rings. The maximum absolute atomic E-state index is 12.6. The number of nitrogens with one attached hydrogen (secondary N) is 2. The normalized spacial score (nSPS) is 17.3. The summed E-state index contributed by atoms with van der Waals surface area (Å²) in [4.78, 5) is 26.5. The van der Waals surface area contributed by atoms with Crippen molar-refractivity contribution in [2.45, 2.75) is 6.04 Å². The van der Waals surface area contributed by atoms with E-state index in [1.807, 2.05) is 0 Å². The third kappa shape index (κ3) is 3.63. The van der Waals surface area contributed by atoms with E-state index in [2.05, 4.69) is 10.6 Å². The number of carbonyl (C=O) groups is 2. The van der Waals surface area contributed by atoms with Gasteiger partial charge in [-0.25, -0.2) is 4.79 Å². The highest BCUT2D eigenvalue weighted by molar-refractivity contribution is 6.31. The van der Waals surface area contributed by atoms with Gasteiger partial charge in [-0.1, -0.05) is 35.3 Å². The van der Waals surface area contributed by atoms with Gasteiger partial charge < -0.3 is 15.5 Å². The topological polar surface area (TPSA) is 61.4 Å². The second-order valence-electron chi connectivity index (χ2n) is 5.38. The minimum Gasteiger partial charge on any atom is -0.352 e. The Balaban J connectivity index is 1.84. The molecule has 1 saturated heterocycles. The number of anilines is 1. The number of nitrogens with zero attached hydrogens (tertiary/aromatic N) is 1. The molecular weight excluding hydrogens is 349 g/mol. The standard InChI is InChI=1S/C17H15Cl2N3O2/c18-12-4-6-14(7-5-12)21-17(24)22-9-8-20-16(23)15(22)11-2-1-3-13(19)10-11/h1-7,10,15H,8-9H2,(H,20,23)(H,21,24). The van der Waals surface area contributed by atoms with Crippen LogP contribution in [-0.4, -0.2) is 29.9 Å². The first kappa shape index (κ1) is 16.6. The molecule has 2 N–H and O–H groups in total. The molecule has 0 aliphatic carbocycles. The van der Waals surface area contributed by atoms with Gasteiger partial charge in [-0.05, 0) is 42.0 Å². The van der Waals surface area contributed by atoms with Crippen LogP contribution in [0.4, 0.5) is 10.5 Å². The van der Waals surface area contributed by atoms with Gasteiger partial charge in [0.2, 0.25) is 5.91 Å². The third-order valence-corrected chi connectivity index (χ3v) is 4.22. The molecule has 1 unspecified atom stereocenters. The van der Waals surface area contributed by atoms with Crippen LogP contribution < -0.4 is 10.6 Å². The molecule has 24 heavy (non-hydrogen) atoms. The van der Waals surface area contributed by atoms with Crippen molar-refractivity contribution in [3.63, 3.8) is 0 Å². The maximum atomic E-state index is 12.6. The van der Waals surface area contributed by atoms with Crippen molar-refractivity contribution in [3.05, 3.63) is 64.1 Å². The van der Waals surface area contributed by atoms with E-state index < -0.39 is 6.04 Å². The van der Waals surface area contributed by atoms with Gasteiger partial charge in [-0.2, -0.15) is 0 Å². The van der Waals surface area contributed by atoms with Crippen molar-refractivity contribution < 1.29 is 9.59 Å². The quantitative estimate of drug-likeness (QED) is 0.854. The average Bonchev–Trinajstić information content (AvgIpc) is 2.56. The summed E-state index contributed by atoms with van der Waals surface area (Å²) in [5, 5.41) is 6.68. The number of rotatable bonds is 2. The second kappa shape index (κ2) is 7.11. The van der Waals surface area contributed by atoms with E-state index in [0.717, 1.165) is 0 Å². The van der Waals surface area contributed by atoms with Gasteiger partial charge in [0.25, 0.3) is 0 Å². The average molecular weight is 364 g/mol. The minimum absolute atomic E-state index is 0.227. The molecule has 1 fully saturated rings. The van der Waals surface area contributed by atoms with Gasteiger partial charge in [-0.3, -0.25) is 4.79 Å². The van der Waals surface area contributed by atoms with Crippen molar-refractivity contribution in [2.24, 2.45) is 0 Å². The van der Waals surface area contributed by atoms with Crippen LogP contribution >= 0.6 is 23.2 Å². The van der Waals surface area contributed by atoms with Crippen LogP contribution in [0, 0.1) is 0 Å². The molecule has 7 heteroatoms. The van der Waals surface area contributed by atoms with E-state index in [1.54, 1.807) is 48.5 Å². The minimum atomic E-state index is -0.718. The number of benzene rings is 2. The van der Waals surface area contributed by atoms with Gasteiger partial charge in [0.1, 0.15) is 6.04 Å². The predicted molar refractivity (Wildman–Crippen MR) is 94.4 cm³/mol. The Morgan fingerprint density at radius 3 is 2.58 bits per heavy atom. The number of piperazine rings is 1. The van der Waals surface area contributed by atoms with Gasteiger partial charge in [0.05, 0.1) is 0 Å². The SMILES string of the molecule is O=C1NCCN(C(=O)Nc2ccc(Cl)cc2)C1c1cccc(Cl)c1. The lowest BCUT2D eigenvalue weighted by molar-refractivity contribution is -0.127. The van der Waals surface area contributed by atoms with Crippen LogP contribution in [-0.2, 0) is 4.79 Å². The summed E-state index contributed by atoms with van der Waals surface area (Å²) in [5.74, 6) is -0.227. The molecule has 2 aromatic carbocycles. The smallest absolute Gasteiger partial charge is 0.322 e. The third-order valence-electron chi connectivity index (χ3n) is 3.73. The van der Waals surface area contributed by atoms with Gasteiger partial charge >= 0.3 is 6.03 Å². The maximum Gasteiger partial charge on any atom is 0.322 e. The molecule has 3 amide bonds. The number of carbonyl (C=O) groups excluding carboxylic acids is 2. The highest BCUT2D eigenvalue weighted by Gasteiger charge is 2.34. The molecule has 0 aromatic heterocycles. The summed E-state index contributed by atoms with van der Waals surface area (Å²) >= 11 is 11.9. The Bertz CT molecular complexity index is 765. The predicted octanol–water partition coefficient (Wildman–Crippen LogP) is 3.70. The first-order valence-corrected chi connectivity index (χ1v) is 8.16. The lowest BCUT2D eigenvalue weighted by Gasteiger charge is -2.35. The summed E-state index contributed by atoms with van der Waals surface area (Å²) in [6, 6.07) is 12.7. The van der Waals surface area contributed by atoms with E-state index in [1.165, 1.54) is 4.90 Å². The monoisotopic (exact) mass is 363 g/mol. The van der Waals surface area contributed by atoms with Crippen LogP contribution in [0.2, 0.25) is 10.0 Å². The van der Waals surface area contributed by atoms with E-state index in [9.17, 15) is 9.59 Å². The largest absolute Gasteiger partial charge is 0.352 e. The number of hydrogen-bond acceptors (Lipinski definition) is 2. The summed E-state index contributed by atoms with van der Waals surface area (Å²) in [5.41, 5.74) is 1.28. The summed E-state index contributed by atoms with van der Waals surface area (Å²) in [7, 11) is 0. The van der Waals surface area contributed by atoms with Crippen LogP contribution in [0.5, 0.6) is 0 Å². The summed E-state index contributed by atoms with van der Waals surface area (Å²) < 4.78 is 0. The molecule has 0 bridgehead atoms. The van der Waals surface area contributed by atoms with Gasteiger partial charge in [-0.15, -0.1) is 0 Å². The molecule has 1 atom stereocenters. The zero-order valence-corrected chi connectivity index (χ0v) is 14.1.